The minimum atomic E-state index is -0.280. The zero-order valence-electron chi connectivity index (χ0n) is 13.0. The van der Waals surface area contributed by atoms with Gasteiger partial charge in [-0.3, -0.25) is 9.78 Å². The summed E-state index contributed by atoms with van der Waals surface area (Å²) in [5.74, 6) is -0.0174. The minimum Gasteiger partial charge on any atom is -0.350 e. The topological polar surface area (TPSA) is 66.9 Å². The monoisotopic (exact) mass is 286 g/mol. The molecule has 0 saturated carbocycles. The Hall–Kier alpha value is -2.01. The van der Waals surface area contributed by atoms with Gasteiger partial charge in [0.1, 0.15) is 0 Å². The molecule has 1 unspecified atom stereocenters. The van der Waals surface area contributed by atoms with Crippen LogP contribution in [0.5, 0.6) is 0 Å². The molecule has 1 aromatic heterocycles. The van der Waals surface area contributed by atoms with Crippen LogP contribution in [-0.4, -0.2) is 27.5 Å². The molecule has 5 nitrogen and oxygen atoms in total. The Balaban J connectivity index is 1.96. The zero-order chi connectivity index (χ0) is 15.5. The summed E-state index contributed by atoms with van der Waals surface area (Å²) in [6, 6.07) is 7.46. The van der Waals surface area contributed by atoms with Gasteiger partial charge in [0.25, 0.3) is 0 Å². The van der Waals surface area contributed by atoms with Gasteiger partial charge in [-0.2, -0.15) is 0 Å². The van der Waals surface area contributed by atoms with Gasteiger partial charge in [-0.25, -0.2) is 4.98 Å². The highest BCUT2D eigenvalue weighted by molar-refractivity contribution is 5.81. The van der Waals surface area contributed by atoms with Crippen LogP contribution in [0.4, 0.5) is 0 Å². The number of nitrogens with zero attached hydrogens (tertiary/aromatic N) is 2. The molecular formula is C16H22N4O. The van der Waals surface area contributed by atoms with Crippen molar-refractivity contribution in [2.75, 3.05) is 0 Å². The summed E-state index contributed by atoms with van der Waals surface area (Å²) in [7, 11) is 0. The van der Waals surface area contributed by atoms with Crippen LogP contribution >= 0.6 is 0 Å². The quantitative estimate of drug-likeness (QED) is 0.902. The van der Waals surface area contributed by atoms with Gasteiger partial charge in [0.2, 0.25) is 5.91 Å². The predicted octanol–water partition coefficient (Wildman–Crippen LogP) is 2.02. The molecule has 112 valence electrons. The summed E-state index contributed by atoms with van der Waals surface area (Å²) in [5.41, 5.74) is 2.34. The second-order valence-corrected chi connectivity index (χ2v) is 6.19. The van der Waals surface area contributed by atoms with Crippen molar-refractivity contribution >= 4 is 16.9 Å². The summed E-state index contributed by atoms with van der Waals surface area (Å²) < 4.78 is 0. The molecule has 2 aromatic rings. The zero-order valence-corrected chi connectivity index (χ0v) is 13.0. The lowest BCUT2D eigenvalue weighted by molar-refractivity contribution is -0.124. The van der Waals surface area contributed by atoms with E-state index in [9.17, 15) is 4.79 Å². The molecule has 2 N–H and O–H groups in total. The van der Waals surface area contributed by atoms with Crippen LogP contribution in [0.1, 0.15) is 33.4 Å². The van der Waals surface area contributed by atoms with Crippen LogP contribution in [0.15, 0.2) is 30.5 Å². The number of carbonyl (C=O) groups is 1. The summed E-state index contributed by atoms with van der Waals surface area (Å²) in [6.45, 7) is 8.25. The molecule has 1 atom stereocenters. The van der Waals surface area contributed by atoms with Gasteiger partial charge >= 0.3 is 0 Å². The number of amides is 1. The molecule has 0 aliphatic carbocycles. The first kappa shape index (κ1) is 15.4. The number of hydrogen-bond acceptors (Lipinski definition) is 4. The number of hydrogen-bond donors (Lipinski definition) is 2. The van der Waals surface area contributed by atoms with Crippen molar-refractivity contribution in [2.24, 2.45) is 0 Å². The van der Waals surface area contributed by atoms with Crippen LogP contribution in [0.2, 0.25) is 0 Å². The van der Waals surface area contributed by atoms with Gasteiger partial charge in [0.15, 0.2) is 0 Å². The van der Waals surface area contributed by atoms with E-state index in [0.29, 0.717) is 6.54 Å². The summed E-state index contributed by atoms with van der Waals surface area (Å²) in [5, 5.41) is 6.12. The van der Waals surface area contributed by atoms with E-state index in [0.717, 1.165) is 16.7 Å². The maximum Gasteiger partial charge on any atom is 0.237 e. The lowest BCUT2D eigenvalue weighted by atomic mass is 10.1. The smallest absolute Gasteiger partial charge is 0.237 e. The van der Waals surface area contributed by atoms with Crippen LogP contribution < -0.4 is 10.6 Å². The Kier molecular flexibility index (Phi) is 4.53. The maximum absolute atomic E-state index is 12.0. The van der Waals surface area contributed by atoms with Crippen molar-refractivity contribution in [3.8, 4) is 0 Å². The van der Waals surface area contributed by atoms with E-state index in [1.807, 2.05) is 52.0 Å². The van der Waals surface area contributed by atoms with Gasteiger partial charge in [0.05, 0.1) is 29.0 Å². The number of fused-ring (bicyclic) bond motifs is 1. The number of carbonyl (C=O) groups excluding carboxylic acids is 1. The number of nitrogens with one attached hydrogen (secondary N) is 2. The minimum absolute atomic E-state index is 0.0174. The van der Waals surface area contributed by atoms with Crippen LogP contribution in [-0.2, 0) is 11.3 Å². The highest BCUT2D eigenvalue weighted by atomic mass is 16.2. The predicted molar refractivity (Wildman–Crippen MR) is 83.7 cm³/mol. The first-order chi connectivity index (χ1) is 9.85. The lowest BCUT2D eigenvalue weighted by Crippen LogP contribution is -2.49. The molecule has 0 saturated heterocycles. The molecule has 0 spiro atoms. The molecule has 0 aliphatic rings. The molecule has 0 aliphatic heterocycles. The maximum atomic E-state index is 12.0. The Bertz CT molecular complexity index is 633. The van der Waals surface area contributed by atoms with Crippen molar-refractivity contribution in [1.82, 2.24) is 20.6 Å². The summed E-state index contributed by atoms with van der Waals surface area (Å²) in [4.78, 5) is 20.9. The van der Waals surface area contributed by atoms with Crippen molar-refractivity contribution in [1.29, 1.82) is 0 Å². The van der Waals surface area contributed by atoms with E-state index in [1.54, 1.807) is 6.20 Å². The fourth-order valence-corrected chi connectivity index (χ4v) is 1.91. The van der Waals surface area contributed by atoms with Crippen LogP contribution in [0, 0.1) is 0 Å². The van der Waals surface area contributed by atoms with Gasteiger partial charge in [-0.05, 0) is 39.8 Å². The first-order valence-corrected chi connectivity index (χ1v) is 7.11. The largest absolute Gasteiger partial charge is 0.350 e. The molecule has 0 fully saturated rings. The highest BCUT2D eigenvalue weighted by Crippen LogP contribution is 2.08. The third-order valence-electron chi connectivity index (χ3n) is 2.98. The molecule has 0 radical (unpaired) electrons. The molecule has 21 heavy (non-hydrogen) atoms. The van der Waals surface area contributed by atoms with Crippen molar-refractivity contribution < 1.29 is 4.79 Å². The van der Waals surface area contributed by atoms with Gasteiger partial charge < -0.3 is 10.6 Å². The van der Waals surface area contributed by atoms with Crippen molar-refractivity contribution in [3.63, 3.8) is 0 Å². The fraction of sp³-hybridized carbons (Fsp3) is 0.438. The summed E-state index contributed by atoms with van der Waals surface area (Å²) in [6.07, 6.45) is 1.74. The number of rotatable bonds is 4. The molecule has 5 heteroatoms. The molecule has 1 heterocycles. The number of para-hydroxylation sites is 2. The number of aromatic nitrogens is 2. The Morgan fingerprint density at radius 3 is 2.57 bits per heavy atom. The fourth-order valence-electron chi connectivity index (χ4n) is 1.91. The average molecular weight is 286 g/mol. The van der Waals surface area contributed by atoms with E-state index in [1.165, 1.54) is 0 Å². The highest BCUT2D eigenvalue weighted by Gasteiger charge is 2.18. The molecule has 2 rings (SSSR count). The normalized spacial score (nSPS) is 13.1. The van der Waals surface area contributed by atoms with Crippen molar-refractivity contribution in [3.05, 3.63) is 36.2 Å². The molecule has 1 amide bonds. The van der Waals surface area contributed by atoms with Crippen LogP contribution in [0.3, 0.4) is 0 Å². The third kappa shape index (κ3) is 4.49. The average Bonchev–Trinajstić information content (AvgIpc) is 2.42. The van der Waals surface area contributed by atoms with Gasteiger partial charge in [0, 0.05) is 12.1 Å². The van der Waals surface area contributed by atoms with E-state index >= 15 is 0 Å². The SMILES string of the molecule is CC(NCc1cnc2ccccc2n1)C(=O)NC(C)(C)C. The molecule has 0 bridgehead atoms. The first-order valence-electron chi connectivity index (χ1n) is 7.11. The number of benzene rings is 1. The lowest BCUT2D eigenvalue weighted by Gasteiger charge is -2.23. The van der Waals surface area contributed by atoms with E-state index in [4.69, 9.17) is 0 Å². The van der Waals surface area contributed by atoms with E-state index < -0.39 is 0 Å². The molecular weight excluding hydrogens is 264 g/mol. The Labute approximate surface area is 125 Å². The van der Waals surface area contributed by atoms with Crippen molar-refractivity contribution in [2.45, 2.75) is 45.8 Å². The van der Waals surface area contributed by atoms with E-state index in [-0.39, 0.29) is 17.5 Å². The van der Waals surface area contributed by atoms with Gasteiger partial charge in [-0.1, -0.05) is 12.1 Å². The van der Waals surface area contributed by atoms with Gasteiger partial charge in [-0.15, -0.1) is 0 Å². The standard InChI is InChI=1S/C16H22N4O/c1-11(15(21)20-16(2,3)4)17-9-12-10-18-13-7-5-6-8-14(13)19-12/h5-8,10-11,17H,9H2,1-4H3,(H,20,21). The third-order valence-corrected chi connectivity index (χ3v) is 2.98. The second-order valence-electron chi connectivity index (χ2n) is 6.19. The molecule has 1 aromatic carbocycles. The Morgan fingerprint density at radius 1 is 1.24 bits per heavy atom. The van der Waals surface area contributed by atoms with Crippen LogP contribution in [0.25, 0.3) is 11.0 Å². The summed E-state index contributed by atoms with van der Waals surface area (Å²) >= 11 is 0. The second kappa shape index (κ2) is 6.18. The Morgan fingerprint density at radius 2 is 1.90 bits per heavy atom. The van der Waals surface area contributed by atoms with E-state index in [2.05, 4.69) is 20.6 Å².